The van der Waals surface area contributed by atoms with Gasteiger partial charge < -0.3 is 21.1 Å². The highest BCUT2D eigenvalue weighted by Gasteiger charge is 2.47. The molecule has 238 valence electrons. The molecule has 0 spiro atoms. The molecule has 0 aromatic heterocycles. The molecule has 2 bridgehead atoms. The van der Waals surface area contributed by atoms with E-state index in [-0.39, 0.29) is 59.7 Å². The van der Waals surface area contributed by atoms with Gasteiger partial charge in [-0.2, -0.15) is 4.31 Å². The van der Waals surface area contributed by atoms with Crippen LogP contribution >= 0.6 is 0 Å². The van der Waals surface area contributed by atoms with Crippen LogP contribution in [0.15, 0.2) is 24.1 Å². The zero-order chi connectivity index (χ0) is 30.1. The number of piperazine rings is 1. The maximum atomic E-state index is 14.0. The molecule has 1 saturated carbocycles. The maximum absolute atomic E-state index is 14.0. The summed E-state index contributed by atoms with van der Waals surface area (Å²) in [6.45, 7) is 7.54. The number of allylic oxidation sites excluding steroid dienone is 4. The minimum atomic E-state index is -3.22. The number of ether oxygens (including phenoxy) is 1. The summed E-state index contributed by atoms with van der Waals surface area (Å²) in [6.07, 6.45) is 14.8. The zero-order valence-electron chi connectivity index (χ0n) is 25.8. The Morgan fingerprint density at radius 1 is 1.19 bits per heavy atom. The normalized spacial score (nSPS) is 41.7. The molecule has 10 heteroatoms. The molecule has 4 N–H and O–H groups in total. The van der Waals surface area contributed by atoms with Gasteiger partial charge in [-0.25, -0.2) is 12.8 Å². The van der Waals surface area contributed by atoms with Crippen molar-refractivity contribution < 1.29 is 22.3 Å². The Bertz CT molecular complexity index is 1120. The van der Waals surface area contributed by atoms with Crippen molar-refractivity contribution >= 4 is 15.9 Å². The lowest BCUT2D eigenvalue weighted by atomic mass is 9.61. The summed E-state index contributed by atoms with van der Waals surface area (Å²) in [7, 11) is -3.22. The maximum Gasteiger partial charge on any atom is 0.237 e. The fraction of sp³-hybridized carbons (Fsp3) is 0.844. The predicted molar refractivity (Wildman–Crippen MR) is 164 cm³/mol. The third-order valence-electron chi connectivity index (χ3n) is 10.9. The van der Waals surface area contributed by atoms with E-state index in [9.17, 15) is 17.6 Å². The van der Waals surface area contributed by atoms with Crippen molar-refractivity contribution in [2.75, 3.05) is 18.8 Å². The first-order valence-corrected chi connectivity index (χ1v) is 18.1. The van der Waals surface area contributed by atoms with Crippen molar-refractivity contribution in [2.24, 2.45) is 28.9 Å². The van der Waals surface area contributed by atoms with E-state index in [2.05, 4.69) is 31.4 Å². The number of hydrogen-bond acceptors (Lipinski definition) is 6. The van der Waals surface area contributed by atoms with Crippen molar-refractivity contribution in [3.05, 3.63) is 24.1 Å². The van der Waals surface area contributed by atoms with Gasteiger partial charge in [-0.3, -0.25) is 4.79 Å². The third-order valence-corrected chi connectivity index (χ3v) is 12.9. The minimum Gasteiger partial charge on any atom is -0.376 e. The number of fused-ring (bicyclic) bond motifs is 2. The number of hydrogen-bond donors (Lipinski definition) is 3. The molecule has 2 unspecified atom stereocenters. The molecule has 5 aliphatic rings. The Labute approximate surface area is 252 Å². The van der Waals surface area contributed by atoms with Crippen LogP contribution in [0, 0.1) is 23.2 Å². The van der Waals surface area contributed by atoms with Crippen molar-refractivity contribution in [2.45, 2.75) is 128 Å². The summed E-state index contributed by atoms with van der Waals surface area (Å²) < 4.78 is 47.7. The van der Waals surface area contributed by atoms with E-state index in [0.29, 0.717) is 31.8 Å². The van der Waals surface area contributed by atoms with E-state index >= 15 is 0 Å². The number of carbonyl (C=O) groups is 1. The molecule has 4 fully saturated rings. The van der Waals surface area contributed by atoms with Gasteiger partial charge >= 0.3 is 0 Å². The number of rotatable bonds is 8. The quantitative estimate of drug-likeness (QED) is 0.381. The van der Waals surface area contributed by atoms with Crippen LogP contribution in [0.25, 0.3) is 0 Å². The summed E-state index contributed by atoms with van der Waals surface area (Å²) in [4.78, 5) is 13.9. The van der Waals surface area contributed by atoms with E-state index in [1.165, 1.54) is 6.08 Å². The average Bonchev–Trinajstić information content (AvgIpc) is 3.05. The highest BCUT2D eigenvalue weighted by Crippen LogP contribution is 2.47. The van der Waals surface area contributed by atoms with E-state index in [1.54, 1.807) is 10.4 Å². The average molecular weight is 609 g/mol. The molecule has 0 aromatic carbocycles. The Balaban J connectivity index is 1.27. The zero-order valence-corrected chi connectivity index (χ0v) is 26.6. The van der Waals surface area contributed by atoms with Crippen LogP contribution in [0.3, 0.4) is 0 Å². The summed E-state index contributed by atoms with van der Waals surface area (Å²) in [5.41, 5.74) is 6.48. The van der Waals surface area contributed by atoms with Gasteiger partial charge in [0.05, 0.1) is 24.0 Å². The van der Waals surface area contributed by atoms with Crippen molar-refractivity contribution in [3.8, 4) is 0 Å². The number of sulfonamides is 1. The lowest BCUT2D eigenvalue weighted by Crippen LogP contribution is -2.58. The molecule has 42 heavy (non-hydrogen) atoms. The second-order valence-corrected chi connectivity index (χ2v) is 16.2. The van der Waals surface area contributed by atoms with Gasteiger partial charge in [0, 0.05) is 31.2 Å². The van der Waals surface area contributed by atoms with Gasteiger partial charge in [0.15, 0.2) is 0 Å². The Morgan fingerprint density at radius 3 is 2.64 bits per heavy atom. The number of nitrogens with one attached hydrogen (secondary N) is 2. The summed E-state index contributed by atoms with van der Waals surface area (Å²) >= 11 is 0. The van der Waals surface area contributed by atoms with Crippen molar-refractivity contribution in [1.82, 2.24) is 14.9 Å². The van der Waals surface area contributed by atoms with Crippen LogP contribution in [-0.4, -0.2) is 73.8 Å². The van der Waals surface area contributed by atoms with Crippen LogP contribution in [0.4, 0.5) is 4.39 Å². The largest absolute Gasteiger partial charge is 0.376 e. The van der Waals surface area contributed by atoms with Crippen molar-refractivity contribution in [3.63, 3.8) is 0 Å². The number of nitrogens with zero attached hydrogens (tertiary/aromatic N) is 1. The molecule has 3 saturated heterocycles. The molecule has 3 aliphatic heterocycles. The smallest absolute Gasteiger partial charge is 0.237 e. The van der Waals surface area contributed by atoms with E-state index in [1.807, 2.05) is 6.08 Å². The molecule has 0 radical (unpaired) electrons. The molecule has 1 amide bonds. The second-order valence-electron chi connectivity index (χ2n) is 14.2. The fourth-order valence-corrected chi connectivity index (χ4v) is 10.6. The first kappa shape index (κ1) is 32.1. The highest BCUT2D eigenvalue weighted by molar-refractivity contribution is 7.89. The molecule has 5 rings (SSSR count). The fourth-order valence-electron chi connectivity index (χ4n) is 8.80. The van der Waals surface area contributed by atoms with Gasteiger partial charge in [-0.1, -0.05) is 25.8 Å². The third kappa shape index (κ3) is 7.31. The Hall–Kier alpha value is -1.33. The number of nitrogens with two attached hydrogens (primary N) is 1. The van der Waals surface area contributed by atoms with Gasteiger partial charge in [-0.05, 0) is 107 Å². The van der Waals surface area contributed by atoms with Crippen LogP contribution in [0.5, 0.6) is 0 Å². The topological polar surface area (TPSA) is 114 Å². The van der Waals surface area contributed by atoms with Crippen LogP contribution < -0.4 is 16.4 Å². The second kappa shape index (κ2) is 13.3. The van der Waals surface area contributed by atoms with E-state index in [0.717, 1.165) is 57.8 Å². The first-order valence-electron chi connectivity index (χ1n) is 16.4. The first-order chi connectivity index (χ1) is 19.9. The molecule has 2 aliphatic carbocycles. The monoisotopic (exact) mass is 608 g/mol. The van der Waals surface area contributed by atoms with E-state index in [4.69, 9.17) is 10.5 Å². The van der Waals surface area contributed by atoms with Gasteiger partial charge in [0.25, 0.3) is 0 Å². The summed E-state index contributed by atoms with van der Waals surface area (Å²) in [5.74, 6) is 0.221. The minimum absolute atomic E-state index is 0.0294. The van der Waals surface area contributed by atoms with Crippen molar-refractivity contribution in [1.29, 1.82) is 0 Å². The SMILES string of the molecule is C[C@@H]1C[C@H]([C@@H]([C@H](N)C(=O)N[C@H]2CCCC[C@@H]2CC[C@H]2CN[C@@H]3CCCS(=O)(=O)N2C3)C2(C)C=CC(F)=CC2)C[C@H](C)O1. The lowest BCUT2D eigenvalue weighted by molar-refractivity contribution is -0.129. The molecule has 11 atom stereocenters. The molecular weight excluding hydrogens is 555 g/mol. The van der Waals surface area contributed by atoms with Crippen LogP contribution in [0.2, 0.25) is 0 Å². The van der Waals surface area contributed by atoms with Gasteiger partial charge in [-0.15, -0.1) is 0 Å². The van der Waals surface area contributed by atoms with Gasteiger partial charge in [0.2, 0.25) is 15.9 Å². The molecular formula is C32H53FN4O4S. The number of amides is 1. The predicted octanol–water partition coefficient (Wildman–Crippen LogP) is 4.17. The molecule has 8 nitrogen and oxygen atoms in total. The Kier molecular flexibility index (Phi) is 10.2. The summed E-state index contributed by atoms with van der Waals surface area (Å²) in [6, 6.07) is -0.467. The number of carbonyl (C=O) groups excluding carboxylic acids is 1. The van der Waals surface area contributed by atoms with Crippen LogP contribution in [0.1, 0.15) is 91.4 Å². The highest BCUT2D eigenvalue weighted by atomic mass is 32.2. The van der Waals surface area contributed by atoms with E-state index < -0.39 is 21.5 Å². The van der Waals surface area contributed by atoms with Crippen LogP contribution in [-0.2, 0) is 19.6 Å². The summed E-state index contributed by atoms with van der Waals surface area (Å²) in [5, 5.41) is 6.95. The Morgan fingerprint density at radius 2 is 1.93 bits per heavy atom. The standard InChI is InChI=1S/C32H53FN4O4S/c1-21-17-24(18-22(2)41-21)29(32(3)14-12-25(33)13-15-32)30(34)31(38)36-28-9-5-4-7-23(28)10-11-27-19-35-26-8-6-16-42(39,40)37(27)20-26/h12-14,21-24,26-30,35H,4-11,15-20,34H2,1-3H3,(H,36,38)/t21-,22+,23-,24+,26-,27+,28+,29+,30+,32?/m1/s1. The lowest BCUT2D eigenvalue weighted by Gasteiger charge is -2.47. The van der Waals surface area contributed by atoms with Gasteiger partial charge in [0.1, 0.15) is 5.83 Å². The molecule has 3 heterocycles. The number of halogens is 1. The molecule has 0 aromatic rings.